The molecule has 0 atom stereocenters. The van der Waals surface area contributed by atoms with Crippen molar-refractivity contribution >= 4 is 34.7 Å². The Morgan fingerprint density at radius 1 is 1.15 bits per heavy atom. The predicted molar refractivity (Wildman–Crippen MR) is 107 cm³/mol. The predicted octanol–water partition coefficient (Wildman–Crippen LogP) is 5.98. The second-order valence-corrected chi connectivity index (χ2v) is 9.09. The van der Waals surface area contributed by atoms with Crippen molar-refractivity contribution in [3.63, 3.8) is 0 Å². The van der Waals surface area contributed by atoms with E-state index >= 15 is 0 Å². The normalized spacial score (nSPS) is 17.3. The van der Waals surface area contributed by atoms with Crippen LogP contribution in [0.1, 0.15) is 31.6 Å². The lowest BCUT2D eigenvalue weighted by Gasteiger charge is -2.34. The summed E-state index contributed by atoms with van der Waals surface area (Å²) >= 11 is 3.22. The van der Waals surface area contributed by atoms with Crippen molar-refractivity contribution in [3.8, 4) is 0 Å². The van der Waals surface area contributed by atoms with E-state index in [4.69, 9.17) is 4.74 Å². The van der Waals surface area contributed by atoms with Crippen LogP contribution in [0.4, 0.5) is 20.2 Å². The molecule has 0 saturated carbocycles. The molecule has 1 fully saturated rings. The summed E-state index contributed by atoms with van der Waals surface area (Å²) in [6, 6.07) is 12.0. The van der Waals surface area contributed by atoms with E-state index in [0.717, 1.165) is 20.5 Å². The molecular formula is C19H24F2N2OS2. The summed E-state index contributed by atoms with van der Waals surface area (Å²) < 4.78 is 36.9. The molecule has 1 aliphatic rings. The van der Waals surface area contributed by atoms with Gasteiger partial charge in [0.15, 0.2) is 0 Å². The lowest BCUT2D eigenvalue weighted by atomic mass is 10.1. The van der Waals surface area contributed by atoms with E-state index in [-0.39, 0.29) is 18.4 Å². The summed E-state index contributed by atoms with van der Waals surface area (Å²) in [7, 11) is 1.71. The number of benzene rings is 1. The Bertz CT molecular complexity index is 739. The van der Waals surface area contributed by atoms with E-state index in [0.29, 0.717) is 13.1 Å². The van der Waals surface area contributed by atoms with Crippen LogP contribution in [0, 0.1) is 0 Å². The molecular weight excluding hydrogens is 374 g/mol. The van der Waals surface area contributed by atoms with Crippen molar-refractivity contribution in [2.24, 2.45) is 0 Å². The maximum Gasteiger partial charge on any atom is 0.251 e. The number of halogens is 2. The Hall–Kier alpha value is -1.31. The third-order valence-corrected chi connectivity index (χ3v) is 7.03. The molecule has 2 aromatic rings. The van der Waals surface area contributed by atoms with Crippen LogP contribution >= 0.6 is 23.3 Å². The van der Waals surface area contributed by atoms with Crippen LogP contribution < -0.4 is 9.62 Å². The van der Waals surface area contributed by atoms with Gasteiger partial charge in [-0.05, 0) is 50.1 Å². The maximum atomic E-state index is 13.4. The second kappa shape index (κ2) is 7.74. The molecule has 0 unspecified atom stereocenters. The summed E-state index contributed by atoms with van der Waals surface area (Å²) in [6.07, 6.45) is -0.177. The maximum absolute atomic E-state index is 13.4. The minimum Gasteiger partial charge on any atom is -0.373 e. The molecule has 3 rings (SSSR count). The van der Waals surface area contributed by atoms with E-state index in [9.17, 15) is 8.78 Å². The van der Waals surface area contributed by atoms with Gasteiger partial charge >= 0.3 is 0 Å². The quantitative estimate of drug-likeness (QED) is 0.605. The monoisotopic (exact) mass is 398 g/mol. The molecule has 0 radical (unpaired) electrons. The van der Waals surface area contributed by atoms with Gasteiger partial charge in [-0.3, -0.25) is 0 Å². The van der Waals surface area contributed by atoms with Gasteiger partial charge in [-0.2, -0.15) is 0 Å². The molecule has 2 heterocycles. The van der Waals surface area contributed by atoms with E-state index in [2.05, 4.69) is 16.9 Å². The topological polar surface area (TPSA) is 24.5 Å². The Morgan fingerprint density at radius 2 is 1.85 bits per heavy atom. The Morgan fingerprint density at radius 3 is 2.54 bits per heavy atom. The number of ether oxygens (including phenoxy) is 1. The van der Waals surface area contributed by atoms with Crippen molar-refractivity contribution in [3.05, 3.63) is 41.3 Å². The van der Waals surface area contributed by atoms with Crippen LogP contribution in [-0.4, -0.2) is 26.1 Å². The first-order valence-electron chi connectivity index (χ1n) is 8.61. The molecule has 1 N–H and O–H groups in total. The van der Waals surface area contributed by atoms with Gasteiger partial charge in [-0.25, -0.2) is 8.78 Å². The largest absolute Gasteiger partial charge is 0.373 e. The van der Waals surface area contributed by atoms with E-state index < -0.39 is 5.92 Å². The average Bonchev–Trinajstić information content (AvgIpc) is 3.10. The molecule has 3 nitrogen and oxygen atoms in total. The highest BCUT2D eigenvalue weighted by atomic mass is 32.2. The van der Waals surface area contributed by atoms with Crippen LogP contribution in [0.15, 0.2) is 40.6 Å². The first-order valence-corrected chi connectivity index (χ1v) is 10.2. The standard InChI is InChI=1S/C19H24F2N2OS2/c1-18(2,24-3)16-8-9-17(25-16)26-22-14-6-4-5-7-15(14)23-12-10-19(20,21)11-13-23/h4-9,22H,10-13H2,1-3H3. The van der Waals surface area contributed by atoms with Gasteiger partial charge in [0.2, 0.25) is 0 Å². The number of rotatable bonds is 6. The molecule has 0 spiro atoms. The average molecular weight is 399 g/mol. The lowest BCUT2D eigenvalue weighted by Crippen LogP contribution is -2.39. The summed E-state index contributed by atoms with van der Waals surface area (Å²) in [5.74, 6) is -2.53. The zero-order chi connectivity index (χ0) is 18.8. The molecule has 1 saturated heterocycles. The fraction of sp³-hybridized carbons (Fsp3) is 0.474. The van der Waals surface area contributed by atoms with Gasteiger partial charge in [-0.1, -0.05) is 12.1 Å². The highest BCUT2D eigenvalue weighted by Gasteiger charge is 2.34. The summed E-state index contributed by atoms with van der Waals surface area (Å²) in [6.45, 7) is 4.84. The number of thiophene rings is 1. The minimum absolute atomic E-state index is 0.0884. The van der Waals surface area contributed by atoms with Crippen molar-refractivity contribution in [1.29, 1.82) is 0 Å². The molecule has 0 bridgehead atoms. The van der Waals surface area contributed by atoms with E-state index in [1.54, 1.807) is 18.4 Å². The van der Waals surface area contributed by atoms with E-state index in [1.165, 1.54) is 11.9 Å². The molecule has 1 aromatic heterocycles. The van der Waals surface area contributed by atoms with Crippen LogP contribution in [0.25, 0.3) is 0 Å². The number of piperidine rings is 1. The van der Waals surface area contributed by atoms with Crippen LogP contribution in [0.5, 0.6) is 0 Å². The van der Waals surface area contributed by atoms with Crippen LogP contribution in [0.3, 0.4) is 0 Å². The number of alkyl halides is 2. The summed E-state index contributed by atoms with van der Waals surface area (Å²) in [5.41, 5.74) is 1.62. The van der Waals surface area contributed by atoms with Crippen LogP contribution in [-0.2, 0) is 10.3 Å². The summed E-state index contributed by atoms with van der Waals surface area (Å²) in [5, 5.41) is 0. The molecule has 1 aromatic carbocycles. The molecule has 1 aliphatic heterocycles. The Labute approximate surface area is 161 Å². The fourth-order valence-electron chi connectivity index (χ4n) is 2.81. The first kappa shape index (κ1) is 19.5. The van der Waals surface area contributed by atoms with E-state index in [1.807, 2.05) is 43.0 Å². The number of nitrogens with one attached hydrogen (secondary N) is 1. The van der Waals surface area contributed by atoms with Gasteiger partial charge in [0.1, 0.15) is 0 Å². The lowest BCUT2D eigenvalue weighted by molar-refractivity contribution is -0.0220. The first-order chi connectivity index (χ1) is 12.3. The number of hydrogen-bond donors (Lipinski definition) is 1. The number of anilines is 2. The third kappa shape index (κ3) is 4.50. The fourth-order valence-corrected chi connectivity index (χ4v) is 4.71. The van der Waals surface area contributed by atoms with Crippen molar-refractivity contribution < 1.29 is 13.5 Å². The van der Waals surface area contributed by atoms with Gasteiger partial charge in [0.25, 0.3) is 5.92 Å². The van der Waals surface area contributed by atoms with Gasteiger partial charge in [0.05, 0.1) is 21.2 Å². The molecule has 0 amide bonds. The molecule has 26 heavy (non-hydrogen) atoms. The van der Waals surface area contributed by atoms with Crippen molar-refractivity contribution in [2.75, 3.05) is 29.8 Å². The number of hydrogen-bond acceptors (Lipinski definition) is 5. The third-order valence-electron chi connectivity index (χ3n) is 4.69. The summed E-state index contributed by atoms with van der Waals surface area (Å²) in [4.78, 5) is 3.20. The van der Waals surface area contributed by atoms with Crippen molar-refractivity contribution in [2.45, 2.75) is 42.4 Å². The molecule has 7 heteroatoms. The zero-order valence-electron chi connectivity index (χ0n) is 15.2. The number of para-hydroxylation sites is 2. The number of methoxy groups -OCH3 is 1. The van der Waals surface area contributed by atoms with Gasteiger partial charge in [0, 0.05) is 37.9 Å². The Kier molecular flexibility index (Phi) is 5.79. The SMILES string of the molecule is COC(C)(C)c1ccc(SNc2ccccc2N2CCC(F)(F)CC2)s1. The second-order valence-electron chi connectivity index (χ2n) is 6.90. The van der Waals surface area contributed by atoms with Gasteiger partial charge < -0.3 is 14.4 Å². The van der Waals surface area contributed by atoms with Crippen molar-refractivity contribution in [1.82, 2.24) is 0 Å². The van der Waals surface area contributed by atoms with Crippen LogP contribution in [0.2, 0.25) is 0 Å². The Balaban J connectivity index is 1.68. The van der Waals surface area contributed by atoms with Gasteiger partial charge in [-0.15, -0.1) is 11.3 Å². The molecule has 0 aliphatic carbocycles. The smallest absolute Gasteiger partial charge is 0.251 e. The number of nitrogens with zero attached hydrogens (tertiary/aromatic N) is 1. The zero-order valence-corrected chi connectivity index (χ0v) is 16.9. The highest BCUT2D eigenvalue weighted by molar-refractivity contribution is 8.02. The minimum atomic E-state index is -2.53. The highest BCUT2D eigenvalue weighted by Crippen LogP contribution is 2.38. The molecule has 142 valence electrons.